The van der Waals surface area contributed by atoms with Gasteiger partial charge in [-0.05, 0) is 13.8 Å². The van der Waals surface area contributed by atoms with Gasteiger partial charge < -0.3 is 10.6 Å². The Labute approximate surface area is 67.3 Å². The van der Waals surface area contributed by atoms with Crippen molar-refractivity contribution in [1.82, 2.24) is 10.6 Å². The lowest BCUT2D eigenvalue weighted by atomic mass is 10.1. The van der Waals surface area contributed by atoms with Crippen LogP contribution < -0.4 is 10.6 Å². The monoisotopic (exact) mass is 151 g/mol. The van der Waals surface area contributed by atoms with E-state index in [9.17, 15) is 0 Å². The average molecular weight is 151 g/mol. The lowest BCUT2D eigenvalue weighted by molar-refractivity contribution is 0.591. The molecular formula is C8H13N3. The van der Waals surface area contributed by atoms with Gasteiger partial charge in [-0.15, -0.1) is 6.42 Å². The van der Waals surface area contributed by atoms with Crippen molar-refractivity contribution in [3.8, 4) is 12.3 Å². The Kier molecular flexibility index (Phi) is 2.04. The van der Waals surface area contributed by atoms with E-state index in [0.29, 0.717) is 0 Å². The normalized spacial score (nSPS) is 16.6. The molecule has 1 aliphatic rings. The van der Waals surface area contributed by atoms with Crippen LogP contribution >= 0.6 is 0 Å². The van der Waals surface area contributed by atoms with E-state index in [1.165, 1.54) is 0 Å². The first kappa shape index (κ1) is 7.93. The Morgan fingerprint density at radius 3 is 2.91 bits per heavy atom. The molecular weight excluding hydrogens is 138 g/mol. The molecule has 3 heteroatoms. The lowest BCUT2D eigenvalue weighted by Crippen LogP contribution is -2.46. The van der Waals surface area contributed by atoms with Crippen molar-refractivity contribution in [2.24, 2.45) is 4.99 Å². The summed E-state index contributed by atoms with van der Waals surface area (Å²) in [7, 11) is 0. The second-order valence-corrected chi connectivity index (χ2v) is 3.05. The fraction of sp³-hybridized carbons (Fsp3) is 0.625. The van der Waals surface area contributed by atoms with Gasteiger partial charge in [-0.3, -0.25) is 4.99 Å². The van der Waals surface area contributed by atoms with Crippen molar-refractivity contribution in [1.29, 1.82) is 0 Å². The van der Waals surface area contributed by atoms with Crippen molar-refractivity contribution in [3.05, 3.63) is 0 Å². The van der Waals surface area contributed by atoms with Gasteiger partial charge in [-0.25, -0.2) is 0 Å². The molecule has 60 valence electrons. The van der Waals surface area contributed by atoms with Crippen molar-refractivity contribution < 1.29 is 0 Å². The van der Waals surface area contributed by atoms with Crippen molar-refractivity contribution in [2.45, 2.75) is 19.4 Å². The van der Waals surface area contributed by atoms with Crippen LogP contribution in [0.1, 0.15) is 13.8 Å². The van der Waals surface area contributed by atoms with Gasteiger partial charge in [-0.1, -0.05) is 5.92 Å². The largest absolute Gasteiger partial charge is 0.355 e. The second-order valence-electron chi connectivity index (χ2n) is 3.05. The van der Waals surface area contributed by atoms with E-state index in [1.54, 1.807) is 0 Å². The molecule has 0 aromatic heterocycles. The molecule has 0 unspecified atom stereocenters. The highest BCUT2D eigenvalue weighted by molar-refractivity contribution is 5.82. The highest BCUT2D eigenvalue weighted by Gasteiger charge is 2.16. The Bertz CT molecular complexity index is 210. The molecule has 11 heavy (non-hydrogen) atoms. The number of aliphatic imine (C=N–C) groups is 1. The first-order valence-electron chi connectivity index (χ1n) is 3.68. The molecule has 0 aliphatic carbocycles. The smallest absolute Gasteiger partial charge is 0.192 e. The number of nitrogens with one attached hydrogen (secondary N) is 2. The Hall–Kier alpha value is -1.17. The van der Waals surface area contributed by atoms with Crippen LogP contribution in [0.15, 0.2) is 4.99 Å². The van der Waals surface area contributed by atoms with Gasteiger partial charge >= 0.3 is 0 Å². The predicted octanol–water partition coefficient (Wildman–Crippen LogP) is -0.0530. The van der Waals surface area contributed by atoms with Crippen molar-refractivity contribution in [2.75, 3.05) is 13.1 Å². The maximum Gasteiger partial charge on any atom is 0.192 e. The zero-order chi connectivity index (χ0) is 8.32. The number of hydrogen-bond donors (Lipinski definition) is 2. The molecule has 1 aliphatic heterocycles. The molecule has 0 spiro atoms. The SMILES string of the molecule is C#CC(C)(C)NC1=NCCN1. The second kappa shape index (κ2) is 2.83. The van der Waals surface area contributed by atoms with Gasteiger partial charge in [-0.2, -0.15) is 0 Å². The quantitative estimate of drug-likeness (QED) is 0.515. The maximum absolute atomic E-state index is 5.29. The molecule has 1 heterocycles. The summed E-state index contributed by atoms with van der Waals surface area (Å²) in [4.78, 5) is 4.17. The molecule has 0 bridgehead atoms. The third-order valence-corrected chi connectivity index (χ3v) is 1.47. The third-order valence-electron chi connectivity index (χ3n) is 1.47. The first-order chi connectivity index (χ1) is 5.14. The number of rotatable bonds is 1. The van der Waals surface area contributed by atoms with Gasteiger partial charge in [0.2, 0.25) is 0 Å². The summed E-state index contributed by atoms with van der Waals surface area (Å²) in [6.45, 7) is 5.62. The highest BCUT2D eigenvalue weighted by Crippen LogP contribution is 1.98. The number of terminal acetylenes is 1. The first-order valence-corrected chi connectivity index (χ1v) is 3.68. The molecule has 3 nitrogen and oxygen atoms in total. The molecule has 1 rings (SSSR count). The summed E-state index contributed by atoms with van der Waals surface area (Å²) in [6, 6.07) is 0. The zero-order valence-corrected chi connectivity index (χ0v) is 6.94. The third kappa shape index (κ3) is 2.15. The zero-order valence-electron chi connectivity index (χ0n) is 6.94. The molecule has 0 saturated heterocycles. The van der Waals surface area contributed by atoms with Crippen LogP contribution in [0.4, 0.5) is 0 Å². The molecule has 0 aromatic carbocycles. The summed E-state index contributed by atoms with van der Waals surface area (Å²) in [5.41, 5.74) is -0.309. The molecule has 0 radical (unpaired) electrons. The summed E-state index contributed by atoms with van der Waals surface area (Å²) in [6.07, 6.45) is 5.29. The standard InChI is InChI=1S/C8H13N3/c1-4-8(2,3)11-7-9-5-6-10-7/h1H,5-6H2,2-3H3,(H2,9,10,11). The van der Waals surface area contributed by atoms with Gasteiger partial charge in [0.25, 0.3) is 0 Å². The van der Waals surface area contributed by atoms with E-state index in [2.05, 4.69) is 21.5 Å². The van der Waals surface area contributed by atoms with Crippen LogP contribution in [0.2, 0.25) is 0 Å². The molecule has 0 saturated carbocycles. The minimum Gasteiger partial charge on any atom is -0.355 e. The van der Waals surface area contributed by atoms with Crippen LogP contribution in [0.3, 0.4) is 0 Å². The number of guanidine groups is 1. The number of hydrogen-bond acceptors (Lipinski definition) is 3. The van der Waals surface area contributed by atoms with Gasteiger partial charge in [0.1, 0.15) is 0 Å². The van der Waals surface area contributed by atoms with E-state index in [1.807, 2.05) is 13.8 Å². The molecule has 0 amide bonds. The topological polar surface area (TPSA) is 36.4 Å². The van der Waals surface area contributed by atoms with Crippen molar-refractivity contribution in [3.63, 3.8) is 0 Å². The Morgan fingerprint density at radius 2 is 2.45 bits per heavy atom. The Morgan fingerprint density at radius 1 is 1.73 bits per heavy atom. The summed E-state index contributed by atoms with van der Waals surface area (Å²) in [5.74, 6) is 3.45. The predicted molar refractivity (Wildman–Crippen MR) is 46.4 cm³/mol. The Balaban J connectivity index is 2.48. The summed E-state index contributed by atoms with van der Waals surface area (Å²) < 4.78 is 0. The van der Waals surface area contributed by atoms with E-state index in [4.69, 9.17) is 6.42 Å². The van der Waals surface area contributed by atoms with E-state index >= 15 is 0 Å². The van der Waals surface area contributed by atoms with E-state index in [-0.39, 0.29) is 5.54 Å². The van der Waals surface area contributed by atoms with Crippen LogP contribution in [0, 0.1) is 12.3 Å². The van der Waals surface area contributed by atoms with Crippen LogP contribution in [0.25, 0.3) is 0 Å². The maximum atomic E-state index is 5.29. The fourth-order valence-electron chi connectivity index (χ4n) is 0.814. The summed E-state index contributed by atoms with van der Waals surface area (Å²) >= 11 is 0. The lowest BCUT2D eigenvalue weighted by Gasteiger charge is -2.20. The van der Waals surface area contributed by atoms with E-state index in [0.717, 1.165) is 19.0 Å². The molecule has 0 atom stereocenters. The molecule has 2 N–H and O–H groups in total. The van der Waals surface area contributed by atoms with E-state index < -0.39 is 0 Å². The summed E-state index contributed by atoms with van der Waals surface area (Å²) in [5, 5.41) is 6.20. The van der Waals surface area contributed by atoms with Crippen LogP contribution in [-0.4, -0.2) is 24.6 Å². The van der Waals surface area contributed by atoms with Crippen LogP contribution in [-0.2, 0) is 0 Å². The number of nitrogens with zero attached hydrogens (tertiary/aromatic N) is 1. The van der Waals surface area contributed by atoms with Gasteiger partial charge in [0.15, 0.2) is 5.96 Å². The molecule has 0 fully saturated rings. The highest BCUT2D eigenvalue weighted by atomic mass is 15.2. The van der Waals surface area contributed by atoms with Gasteiger partial charge in [0, 0.05) is 6.54 Å². The fourth-order valence-corrected chi connectivity index (χ4v) is 0.814. The van der Waals surface area contributed by atoms with Gasteiger partial charge in [0.05, 0.1) is 12.1 Å². The average Bonchev–Trinajstić information content (AvgIpc) is 2.39. The molecule has 0 aromatic rings. The van der Waals surface area contributed by atoms with Crippen molar-refractivity contribution >= 4 is 5.96 Å². The minimum atomic E-state index is -0.309. The van der Waals surface area contributed by atoms with Crippen LogP contribution in [0.5, 0.6) is 0 Å². The minimum absolute atomic E-state index is 0.309.